The Kier molecular flexibility index (Phi) is 8.21. The molecule has 0 aromatic heterocycles. The summed E-state index contributed by atoms with van der Waals surface area (Å²) in [5, 5.41) is 0. The molecule has 0 N–H and O–H groups in total. The number of anilines is 2. The molecule has 4 aromatic carbocycles. The molecule has 0 radical (unpaired) electrons. The number of fused-ring (bicyclic) bond motifs is 1. The highest BCUT2D eigenvalue weighted by Crippen LogP contribution is 2.43. The van der Waals surface area contributed by atoms with Gasteiger partial charge in [0, 0.05) is 28.5 Å². The van der Waals surface area contributed by atoms with E-state index < -0.39 is 0 Å². The van der Waals surface area contributed by atoms with Crippen LogP contribution in [-0.2, 0) is 6.42 Å². The van der Waals surface area contributed by atoms with Gasteiger partial charge in [0.2, 0.25) is 0 Å². The van der Waals surface area contributed by atoms with E-state index >= 15 is 0 Å². The zero-order valence-corrected chi connectivity index (χ0v) is 22.8. The first-order chi connectivity index (χ1) is 19.1. The molecule has 0 fully saturated rings. The van der Waals surface area contributed by atoms with Crippen LogP contribution in [0.5, 0.6) is 0 Å². The molecule has 0 unspecified atom stereocenters. The molecule has 4 heteroatoms. The zero-order chi connectivity index (χ0) is 27.2. The zero-order valence-electron chi connectivity index (χ0n) is 22.8. The van der Waals surface area contributed by atoms with Crippen molar-refractivity contribution in [3.63, 3.8) is 0 Å². The van der Waals surface area contributed by atoms with E-state index in [1.807, 2.05) is 101 Å². The monoisotopic (exact) mass is 516 g/mol. The van der Waals surface area contributed by atoms with E-state index in [1.54, 1.807) is 0 Å². The molecular formula is C35H36N2O2. The van der Waals surface area contributed by atoms with Gasteiger partial charge in [0.05, 0.1) is 6.04 Å². The van der Waals surface area contributed by atoms with E-state index in [1.165, 1.54) is 18.4 Å². The van der Waals surface area contributed by atoms with Crippen molar-refractivity contribution in [3.05, 3.63) is 131 Å². The topological polar surface area (TPSA) is 40.6 Å². The van der Waals surface area contributed by atoms with Gasteiger partial charge in [-0.05, 0) is 79.8 Å². The van der Waals surface area contributed by atoms with Crippen molar-refractivity contribution in [2.24, 2.45) is 0 Å². The molecule has 1 aliphatic heterocycles. The molecule has 1 heterocycles. The Morgan fingerprint density at radius 3 is 2.10 bits per heavy atom. The third-order valence-electron chi connectivity index (χ3n) is 7.63. The van der Waals surface area contributed by atoms with Crippen LogP contribution in [0.3, 0.4) is 0 Å². The lowest BCUT2D eigenvalue weighted by molar-refractivity contribution is 0.0965. The summed E-state index contributed by atoms with van der Waals surface area (Å²) in [5.74, 6) is -0.0543. The minimum absolute atomic E-state index is 0.0229. The van der Waals surface area contributed by atoms with Crippen LogP contribution < -0.4 is 9.80 Å². The van der Waals surface area contributed by atoms with Gasteiger partial charge in [-0.15, -0.1) is 0 Å². The average Bonchev–Trinajstić information content (AvgIpc) is 2.98. The molecule has 0 saturated carbocycles. The predicted octanol–water partition coefficient (Wildman–Crippen LogP) is 8.25. The third-order valence-corrected chi connectivity index (χ3v) is 7.63. The smallest absolute Gasteiger partial charge is 0.258 e. The van der Waals surface area contributed by atoms with Crippen LogP contribution in [0.15, 0.2) is 109 Å². The van der Waals surface area contributed by atoms with Crippen LogP contribution in [0.4, 0.5) is 11.4 Å². The van der Waals surface area contributed by atoms with Crippen LogP contribution in [0.2, 0.25) is 0 Å². The summed E-state index contributed by atoms with van der Waals surface area (Å²) in [6, 6.07) is 35.1. The lowest BCUT2D eigenvalue weighted by Crippen LogP contribution is -2.47. The van der Waals surface area contributed by atoms with Crippen molar-refractivity contribution in [2.45, 2.75) is 58.0 Å². The maximum Gasteiger partial charge on any atom is 0.258 e. The molecular weight excluding hydrogens is 480 g/mol. The van der Waals surface area contributed by atoms with Gasteiger partial charge in [0.1, 0.15) is 0 Å². The number of amides is 2. The van der Waals surface area contributed by atoms with Gasteiger partial charge in [-0.25, -0.2) is 0 Å². The Labute approximate surface area is 231 Å². The number of aryl methyl sites for hydroxylation is 1. The Morgan fingerprint density at radius 1 is 0.769 bits per heavy atom. The fourth-order valence-electron chi connectivity index (χ4n) is 5.62. The molecule has 0 spiro atoms. The maximum atomic E-state index is 14.2. The number of hydrogen-bond donors (Lipinski definition) is 0. The quantitative estimate of drug-likeness (QED) is 0.221. The minimum Gasteiger partial charge on any atom is -0.305 e. The lowest BCUT2D eigenvalue weighted by Gasteiger charge is -2.43. The van der Waals surface area contributed by atoms with Crippen LogP contribution in [0.25, 0.3) is 0 Å². The summed E-state index contributed by atoms with van der Waals surface area (Å²) in [7, 11) is 0. The highest BCUT2D eigenvalue weighted by Gasteiger charge is 2.39. The van der Waals surface area contributed by atoms with Gasteiger partial charge in [0.15, 0.2) is 0 Å². The molecule has 4 aromatic rings. The van der Waals surface area contributed by atoms with E-state index in [-0.39, 0.29) is 23.9 Å². The first-order valence-corrected chi connectivity index (χ1v) is 14.0. The second kappa shape index (κ2) is 12.1. The van der Waals surface area contributed by atoms with Gasteiger partial charge in [-0.2, -0.15) is 0 Å². The average molecular weight is 517 g/mol. The fourth-order valence-corrected chi connectivity index (χ4v) is 5.62. The van der Waals surface area contributed by atoms with Crippen molar-refractivity contribution in [3.8, 4) is 0 Å². The molecule has 0 saturated heterocycles. The van der Waals surface area contributed by atoms with Gasteiger partial charge in [-0.1, -0.05) is 86.5 Å². The van der Waals surface area contributed by atoms with Crippen molar-refractivity contribution < 1.29 is 9.59 Å². The van der Waals surface area contributed by atoms with Crippen molar-refractivity contribution in [1.82, 2.24) is 0 Å². The Morgan fingerprint density at radius 2 is 1.41 bits per heavy atom. The van der Waals surface area contributed by atoms with Crippen LogP contribution in [-0.4, -0.2) is 17.9 Å². The third kappa shape index (κ3) is 5.65. The molecule has 1 aliphatic rings. The number of carbonyl (C=O) groups is 2. The maximum absolute atomic E-state index is 14.2. The highest BCUT2D eigenvalue weighted by molar-refractivity contribution is 6.09. The Balaban J connectivity index is 1.52. The second-order valence-corrected chi connectivity index (χ2v) is 10.4. The summed E-state index contributed by atoms with van der Waals surface area (Å²) in [4.78, 5) is 31.7. The van der Waals surface area contributed by atoms with Crippen molar-refractivity contribution in [2.75, 3.05) is 9.80 Å². The standard InChI is InChI=1S/C35H36N2O2/c1-3-4-7-14-27-21-23-29(24-22-27)35(39)37(30-17-10-6-11-18-30)33-25-26(2)36(32-20-13-12-19-31(32)33)34(38)28-15-8-5-9-16-28/h5-6,8-13,15-24,26,33H,3-4,7,14,25H2,1-2H3/t26-,33+/m0/s1. The van der Waals surface area contributed by atoms with Gasteiger partial charge >= 0.3 is 0 Å². The highest BCUT2D eigenvalue weighted by atomic mass is 16.2. The van der Waals surface area contributed by atoms with E-state index in [9.17, 15) is 9.59 Å². The van der Waals surface area contributed by atoms with Gasteiger partial charge in [0.25, 0.3) is 11.8 Å². The van der Waals surface area contributed by atoms with Crippen LogP contribution in [0.1, 0.15) is 77.4 Å². The summed E-state index contributed by atoms with van der Waals surface area (Å²) in [6.45, 7) is 4.28. The number of carbonyl (C=O) groups excluding carboxylic acids is 2. The van der Waals surface area contributed by atoms with Gasteiger partial charge in [-0.3, -0.25) is 9.59 Å². The second-order valence-electron chi connectivity index (χ2n) is 10.4. The minimum atomic E-state index is -0.213. The van der Waals surface area contributed by atoms with Crippen LogP contribution in [0, 0.1) is 0 Å². The predicted molar refractivity (Wildman–Crippen MR) is 159 cm³/mol. The molecule has 2 atom stereocenters. The van der Waals surface area contributed by atoms with Gasteiger partial charge < -0.3 is 9.80 Å². The number of rotatable bonds is 8. The summed E-state index contributed by atoms with van der Waals surface area (Å²) < 4.78 is 0. The Bertz CT molecular complexity index is 1400. The van der Waals surface area contributed by atoms with E-state index in [0.717, 1.165) is 29.8 Å². The molecule has 0 aliphatic carbocycles. The number of hydrogen-bond acceptors (Lipinski definition) is 2. The lowest BCUT2D eigenvalue weighted by atomic mass is 9.89. The van der Waals surface area contributed by atoms with Crippen LogP contribution >= 0.6 is 0 Å². The summed E-state index contributed by atoms with van der Waals surface area (Å²) in [5.41, 5.74) is 5.28. The molecule has 198 valence electrons. The molecule has 4 nitrogen and oxygen atoms in total. The van der Waals surface area contributed by atoms with Crippen molar-refractivity contribution in [1.29, 1.82) is 0 Å². The first kappa shape index (κ1) is 26.4. The van der Waals surface area contributed by atoms with E-state index in [0.29, 0.717) is 17.5 Å². The van der Waals surface area contributed by atoms with E-state index in [4.69, 9.17) is 0 Å². The first-order valence-electron chi connectivity index (χ1n) is 14.0. The molecule has 0 bridgehead atoms. The number of para-hydroxylation sites is 2. The summed E-state index contributed by atoms with van der Waals surface area (Å²) >= 11 is 0. The molecule has 5 rings (SSSR count). The fraction of sp³-hybridized carbons (Fsp3) is 0.257. The van der Waals surface area contributed by atoms with Crippen molar-refractivity contribution >= 4 is 23.2 Å². The SMILES string of the molecule is CCCCCc1ccc(C(=O)N(c2ccccc2)[C@@H]2C[C@H](C)N(C(=O)c3ccccc3)c3ccccc32)cc1. The number of nitrogens with zero attached hydrogens (tertiary/aromatic N) is 2. The Hall–Kier alpha value is -4.18. The number of unbranched alkanes of at least 4 members (excludes halogenated alkanes) is 2. The number of benzene rings is 4. The van der Waals surface area contributed by atoms with E-state index in [2.05, 4.69) is 32.0 Å². The molecule has 2 amide bonds. The normalized spacial score (nSPS) is 16.4. The largest absolute Gasteiger partial charge is 0.305 e. The molecule has 39 heavy (non-hydrogen) atoms. The summed E-state index contributed by atoms with van der Waals surface area (Å²) in [6.07, 6.45) is 5.23.